The van der Waals surface area contributed by atoms with Crippen LogP contribution in [0, 0.1) is 0 Å². The van der Waals surface area contributed by atoms with Crippen molar-refractivity contribution in [2.75, 3.05) is 0 Å². The van der Waals surface area contributed by atoms with Gasteiger partial charge in [-0.05, 0) is 30.0 Å². The van der Waals surface area contributed by atoms with Gasteiger partial charge in [0.1, 0.15) is 5.75 Å². The first kappa shape index (κ1) is 8.82. The van der Waals surface area contributed by atoms with Crippen molar-refractivity contribution in [3.63, 3.8) is 0 Å². The highest BCUT2D eigenvalue weighted by Gasteiger charge is 2.00. The number of aromatic hydroxyl groups is 1. The molecule has 14 heavy (non-hydrogen) atoms. The zero-order chi connectivity index (χ0) is 10.1. The fourth-order valence-electron chi connectivity index (χ4n) is 1.52. The highest BCUT2D eigenvalue weighted by Crippen LogP contribution is 2.27. The van der Waals surface area contributed by atoms with Gasteiger partial charge in [-0.15, -0.1) is 0 Å². The summed E-state index contributed by atoms with van der Waals surface area (Å²) in [6, 6.07) is 11.5. The largest absolute Gasteiger partial charge is 0.507 e. The van der Waals surface area contributed by atoms with Crippen molar-refractivity contribution in [3.8, 4) is 5.75 Å². The third-order valence-corrected chi connectivity index (χ3v) is 2.35. The molecule has 0 aliphatic rings. The molecule has 0 aliphatic carbocycles. The van der Waals surface area contributed by atoms with Crippen LogP contribution in [0.5, 0.6) is 5.75 Å². The van der Waals surface area contributed by atoms with Gasteiger partial charge in [-0.3, -0.25) is 0 Å². The molecule has 0 radical (unpaired) electrons. The molecule has 0 fully saturated rings. The second-order valence-electron chi connectivity index (χ2n) is 3.49. The van der Waals surface area contributed by atoms with Crippen LogP contribution in [0.15, 0.2) is 43.0 Å². The van der Waals surface area contributed by atoms with Crippen molar-refractivity contribution in [1.29, 1.82) is 0 Å². The van der Waals surface area contributed by atoms with Crippen molar-refractivity contribution in [2.45, 2.75) is 6.92 Å². The summed E-state index contributed by atoms with van der Waals surface area (Å²) in [5.41, 5.74) is 2.08. The average molecular weight is 184 g/mol. The lowest BCUT2D eigenvalue weighted by molar-refractivity contribution is 0.481. The van der Waals surface area contributed by atoms with Gasteiger partial charge >= 0.3 is 0 Å². The Hall–Kier alpha value is -1.76. The molecule has 0 unspecified atom stereocenters. The van der Waals surface area contributed by atoms with Gasteiger partial charge in [0.25, 0.3) is 0 Å². The van der Waals surface area contributed by atoms with Gasteiger partial charge in [0.2, 0.25) is 0 Å². The molecule has 0 aliphatic heterocycles. The summed E-state index contributed by atoms with van der Waals surface area (Å²) in [5.74, 6) is 0.325. The Morgan fingerprint density at radius 3 is 2.71 bits per heavy atom. The van der Waals surface area contributed by atoms with Crippen LogP contribution in [0.2, 0.25) is 0 Å². The van der Waals surface area contributed by atoms with E-state index in [4.69, 9.17) is 0 Å². The average Bonchev–Trinajstić information content (AvgIpc) is 2.18. The Labute approximate surface area is 83.3 Å². The number of rotatable bonds is 1. The molecule has 0 atom stereocenters. The van der Waals surface area contributed by atoms with E-state index < -0.39 is 0 Å². The van der Waals surface area contributed by atoms with Gasteiger partial charge in [0.05, 0.1) is 0 Å². The Kier molecular flexibility index (Phi) is 2.01. The first-order valence-corrected chi connectivity index (χ1v) is 4.56. The number of phenols is 1. The molecule has 0 amide bonds. The first-order valence-electron chi connectivity index (χ1n) is 4.56. The van der Waals surface area contributed by atoms with Crippen LogP contribution in [-0.2, 0) is 0 Å². The van der Waals surface area contributed by atoms with E-state index in [1.807, 2.05) is 37.3 Å². The van der Waals surface area contributed by atoms with Gasteiger partial charge in [0.15, 0.2) is 0 Å². The fourth-order valence-corrected chi connectivity index (χ4v) is 1.52. The van der Waals surface area contributed by atoms with Crippen LogP contribution >= 0.6 is 0 Å². The van der Waals surface area contributed by atoms with E-state index in [1.165, 1.54) is 0 Å². The Balaban J connectivity index is 2.76. The summed E-state index contributed by atoms with van der Waals surface area (Å²) in [7, 11) is 0. The maximum Gasteiger partial charge on any atom is 0.123 e. The maximum atomic E-state index is 9.65. The lowest BCUT2D eigenvalue weighted by atomic mass is 10.0. The third-order valence-electron chi connectivity index (χ3n) is 2.35. The molecule has 1 N–H and O–H groups in total. The highest BCUT2D eigenvalue weighted by molar-refractivity contribution is 5.90. The number of benzene rings is 2. The standard InChI is InChI=1S/C13H12O/c1-9(2)11-7-6-10-4-3-5-13(14)12(10)8-11/h3-8,14H,1H2,2H3. The van der Waals surface area contributed by atoms with Crippen molar-refractivity contribution in [1.82, 2.24) is 0 Å². The van der Waals surface area contributed by atoms with Crippen molar-refractivity contribution in [2.24, 2.45) is 0 Å². The van der Waals surface area contributed by atoms with Crippen LogP contribution < -0.4 is 0 Å². The predicted octanol–water partition coefficient (Wildman–Crippen LogP) is 3.58. The van der Waals surface area contributed by atoms with E-state index in [-0.39, 0.29) is 0 Å². The molecule has 0 saturated carbocycles. The number of hydrogen-bond acceptors (Lipinski definition) is 1. The molecule has 0 saturated heterocycles. The molecule has 0 bridgehead atoms. The van der Waals surface area contributed by atoms with E-state index in [1.54, 1.807) is 6.07 Å². The highest BCUT2D eigenvalue weighted by atomic mass is 16.3. The molecular formula is C13H12O. The quantitative estimate of drug-likeness (QED) is 0.718. The van der Waals surface area contributed by atoms with Gasteiger partial charge in [-0.25, -0.2) is 0 Å². The van der Waals surface area contributed by atoms with Crippen LogP contribution in [0.25, 0.3) is 16.3 Å². The summed E-state index contributed by atoms with van der Waals surface area (Å²) < 4.78 is 0. The minimum atomic E-state index is 0.325. The lowest BCUT2D eigenvalue weighted by Crippen LogP contribution is -1.79. The van der Waals surface area contributed by atoms with Gasteiger partial charge in [-0.1, -0.05) is 36.4 Å². The van der Waals surface area contributed by atoms with E-state index in [0.29, 0.717) is 5.75 Å². The summed E-state index contributed by atoms with van der Waals surface area (Å²) >= 11 is 0. The van der Waals surface area contributed by atoms with Crippen LogP contribution in [0.3, 0.4) is 0 Å². The minimum absolute atomic E-state index is 0.325. The smallest absolute Gasteiger partial charge is 0.123 e. The molecule has 0 spiro atoms. The molecule has 2 aromatic rings. The van der Waals surface area contributed by atoms with Gasteiger partial charge in [-0.2, -0.15) is 0 Å². The van der Waals surface area contributed by atoms with Crippen molar-refractivity contribution >= 4 is 16.3 Å². The van der Waals surface area contributed by atoms with E-state index in [2.05, 4.69) is 6.58 Å². The summed E-state index contributed by atoms with van der Waals surface area (Å²) in [6.45, 7) is 5.84. The molecule has 2 rings (SSSR count). The summed E-state index contributed by atoms with van der Waals surface area (Å²) in [6.07, 6.45) is 0. The van der Waals surface area contributed by atoms with Gasteiger partial charge < -0.3 is 5.11 Å². The van der Waals surface area contributed by atoms with E-state index in [0.717, 1.165) is 21.9 Å². The molecule has 0 heterocycles. The third kappa shape index (κ3) is 1.37. The second kappa shape index (κ2) is 3.18. The molecule has 1 heteroatoms. The van der Waals surface area contributed by atoms with Crippen molar-refractivity contribution < 1.29 is 5.11 Å². The first-order chi connectivity index (χ1) is 6.68. The number of hydrogen-bond donors (Lipinski definition) is 1. The zero-order valence-corrected chi connectivity index (χ0v) is 8.12. The van der Waals surface area contributed by atoms with E-state index >= 15 is 0 Å². The molecule has 70 valence electrons. The second-order valence-corrected chi connectivity index (χ2v) is 3.49. The summed E-state index contributed by atoms with van der Waals surface area (Å²) in [4.78, 5) is 0. The van der Waals surface area contributed by atoms with Crippen LogP contribution in [0.1, 0.15) is 12.5 Å². The van der Waals surface area contributed by atoms with Crippen LogP contribution in [-0.4, -0.2) is 5.11 Å². The molecular weight excluding hydrogens is 172 g/mol. The van der Waals surface area contributed by atoms with Crippen LogP contribution in [0.4, 0.5) is 0 Å². The summed E-state index contributed by atoms with van der Waals surface area (Å²) in [5, 5.41) is 11.6. The maximum absolute atomic E-state index is 9.65. The number of phenolic OH excluding ortho intramolecular Hbond substituents is 1. The number of allylic oxidation sites excluding steroid dienone is 1. The molecule has 1 nitrogen and oxygen atoms in total. The topological polar surface area (TPSA) is 20.2 Å². The lowest BCUT2D eigenvalue weighted by Gasteiger charge is -2.04. The normalized spacial score (nSPS) is 10.4. The monoisotopic (exact) mass is 184 g/mol. The molecule has 2 aromatic carbocycles. The van der Waals surface area contributed by atoms with E-state index in [9.17, 15) is 5.11 Å². The number of fused-ring (bicyclic) bond motifs is 1. The zero-order valence-electron chi connectivity index (χ0n) is 8.12. The van der Waals surface area contributed by atoms with Crippen molar-refractivity contribution in [3.05, 3.63) is 48.5 Å². The Bertz CT molecular complexity index is 498. The predicted molar refractivity (Wildman–Crippen MR) is 60.3 cm³/mol. The minimum Gasteiger partial charge on any atom is -0.507 e. The molecule has 0 aromatic heterocycles. The Morgan fingerprint density at radius 1 is 1.21 bits per heavy atom. The Morgan fingerprint density at radius 2 is 2.00 bits per heavy atom. The fraction of sp³-hybridized carbons (Fsp3) is 0.0769. The van der Waals surface area contributed by atoms with Gasteiger partial charge in [0, 0.05) is 5.39 Å². The SMILES string of the molecule is C=C(C)c1ccc2cccc(O)c2c1.